The molecule has 0 bridgehead atoms. The quantitative estimate of drug-likeness (QED) is 0.381. The Bertz CT molecular complexity index is 70.4. The summed E-state index contributed by atoms with van der Waals surface area (Å²) >= 11 is 0. The van der Waals surface area contributed by atoms with Gasteiger partial charge in [-0.05, 0) is 5.92 Å². The Hall–Kier alpha value is 0.750. The number of rotatable bonds is 6. The fourth-order valence-electron chi connectivity index (χ4n) is 1.08. The van der Waals surface area contributed by atoms with E-state index < -0.39 is 0 Å². The minimum atomic E-state index is 0. The van der Waals surface area contributed by atoms with Crippen LogP contribution in [0.1, 0.15) is 52.4 Å². The Labute approximate surface area is 107 Å². The molecule has 0 aromatic heterocycles. The first-order chi connectivity index (χ1) is 4.77. The number of hydrogen-bond donors (Lipinski definition) is 0. The average Bonchev–Trinajstić information content (AvgIpc) is 1.87. The molecule has 3 nitrogen and oxygen atoms in total. The van der Waals surface area contributed by atoms with Crippen molar-refractivity contribution in [2.45, 2.75) is 52.4 Å². The molecular weight excluding hydrogens is 347 g/mol. The van der Waals surface area contributed by atoms with Crippen molar-refractivity contribution < 1.29 is 42.3 Å². The van der Waals surface area contributed by atoms with Gasteiger partial charge in [-0.25, -0.2) is 0 Å². The van der Waals surface area contributed by atoms with Gasteiger partial charge < -0.3 is 23.4 Å². The summed E-state index contributed by atoms with van der Waals surface area (Å²) < 4.78 is 0. The molecule has 0 aliphatic heterocycles. The second-order valence-corrected chi connectivity index (χ2v) is 3.45. The van der Waals surface area contributed by atoms with Gasteiger partial charge in [-0.1, -0.05) is 46.0 Å². The van der Waals surface area contributed by atoms with Gasteiger partial charge in [-0.15, -0.1) is 0 Å². The molecule has 6 N–H and O–H groups in total. The van der Waals surface area contributed by atoms with E-state index in [0.29, 0.717) is 0 Å². The molecule has 0 aliphatic carbocycles. The zero-order valence-corrected chi connectivity index (χ0v) is 13.1. The third-order valence-electron chi connectivity index (χ3n) is 1.78. The molecule has 0 radical (unpaired) electrons. The van der Waals surface area contributed by atoms with Gasteiger partial charge in [-0.3, -0.25) is 0 Å². The molecular formula is C10H27HfO3-. The third kappa shape index (κ3) is 29.3. The molecule has 0 saturated heterocycles. The Balaban J connectivity index is -0.0000000675. The van der Waals surface area contributed by atoms with Crippen LogP contribution in [0.5, 0.6) is 0 Å². The first kappa shape index (κ1) is 29.3. The van der Waals surface area contributed by atoms with Gasteiger partial charge in [0.05, 0.1) is 0 Å². The van der Waals surface area contributed by atoms with Gasteiger partial charge in [0.1, 0.15) is 0 Å². The number of unbranched alkanes of at least 4 members (excludes halogenated alkanes) is 4. The molecule has 0 rings (SSSR count). The van der Waals surface area contributed by atoms with E-state index in [-0.39, 0.29) is 42.3 Å². The summed E-state index contributed by atoms with van der Waals surface area (Å²) in [4.78, 5) is 0. The van der Waals surface area contributed by atoms with Gasteiger partial charge in [0, 0.05) is 25.8 Å². The summed E-state index contributed by atoms with van der Waals surface area (Å²) in [5.41, 5.74) is 0. The fraction of sp³-hybridized carbons (Fsp3) is 0.900. The zero-order valence-electron chi connectivity index (χ0n) is 9.53. The van der Waals surface area contributed by atoms with E-state index in [9.17, 15) is 0 Å². The summed E-state index contributed by atoms with van der Waals surface area (Å²) in [5, 5.41) is 0. The summed E-state index contributed by atoms with van der Waals surface area (Å²) in [6, 6.07) is 0. The molecule has 14 heavy (non-hydrogen) atoms. The normalized spacial score (nSPS) is 7.71. The van der Waals surface area contributed by atoms with Crippen LogP contribution in [0.15, 0.2) is 0 Å². The van der Waals surface area contributed by atoms with Crippen molar-refractivity contribution in [3.63, 3.8) is 0 Å². The summed E-state index contributed by atoms with van der Waals surface area (Å²) in [6.07, 6.45) is 8.04. The predicted molar refractivity (Wildman–Crippen MR) is 58.7 cm³/mol. The summed E-state index contributed by atoms with van der Waals surface area (Å²) in [5.74, 6) is 0.889. The van der Waals surface area contributed by atoms with Gasteiger partial charge in [0.2, 0.25) is 0 Å². The SMILES string of the molecule is O.O.O.[CH2-]CCCCCCC(C)C.[Hf]. The Morgan fingerprint density at radius 2 is 1.29 bits per heavy atom. The second-order valence-electron chi connectivity index (χ2n) is 3.45. The molecule has 0 atom stereocenters. The molecule has 0 saturated carbocycles. The first-order valence-corrected chi connectivity index (χ1v) is 4.56. The van der Waals surface area contributed by atoms with Crippen molar-refractivity contribution in [1.82, 2.24) is 0 Å². The van der Waals surface area contributed by atoms with Gasteiger partial charge >= 0.3 is 0 Å². The average molecular weight is 374 g/mol. The summed E-state index contributed by atoms with van der Waals surface area (Å²) in [6.45, 7) is 8.40. The molecule has 0 aromatic rings. The molecule has 0 spiro atoms. The third-order valence-corrected chi connectivity index (χ3v) is 1.78. The van der Waals surface area contributed by atoms with Crippen LogP contribution in [0.3, 0.4) is 0 Å². The van der Waals surface area contributed by atoms with Gasteiger partial charge in [0.25, 0.3) is 0 Å². The summed E-state index contributed by atoms with van der Waals surface area (Å²) in [7, 11) is 0. The Kier molecular flexibility index (Phi) is 49.3. The van der Waals surface area contributed by atoms with Crippen molar-refractivity contribution in [3.8, 4) is 0 Å². The van der Waals surface area contributed by atoms with Gasteiger partial charge in [0.15, 0.2) is 0 Å². The fourth-order valence-corrected chi connectivity index (χ4v) is 1.08. The van der Waals surface area contributed by atoms with Crippen LogP contribution >= 0.6 is 0 Å². The van der Waals surface area contributed by atoms with Crippen molar-refractivity contribution in [2.24, 2.45) is 5.92 Å². The van der Waals surface area contributed by atoms with Gasteiger partial charge in [-0.2, -0.15) is 6.42 Å². The van der Waals surface area contributed by atoms with Crippen molar-refractivity contribution in [2.75, 3.05) is 0 Å². The van der Waals surface area contributed by atoms with E-state index >= 15 is 0 Å². The van der Waals surface area contributed by atoms with Crippen molar-refractivity contribution in [1.29, 1.82) is 0 Å². The topological polar surface area (TPSA) is 94.5 Å². The minimum Gasteiger partial charge on any atom is -0.412 e. The molecule has 90 valence electrons. The maximum Gasteiger partial charge on any atom is 0 e. The zero-order chi connectivity index (χ0) is 7.82. The Morgan fingerprint density at radius 3 is 1.64 bits per heavy atom. The molecule has 0 amide bonds. The maximum absolute atomic E-state index is 3.82. The van der Waals surface area contributed by atoms with Crippen LogP contribution in [0.2, 0.25) is 0 Å². The van der Waals surface area contributed by atoms with E-state index in [4.69, 9.17) is 0 Å². The second kappa shape index (κ2) is 23.5. The van der Waals surface area contributed by atoms with Crippen LogP contribution in [0.4, 0.5) is 0 Å². The molecule has 4 heteroatoms. The van der Waals surface area contributed by atoms with Crippen LogP contribution in [0, 0.1) is 12.8 Å². The predicted octanol–water partition coefficient (Wildman–Crippen LogP) is 1.34. The van der Waals surface area contributed by atoms with Crippen LogP contribution in [-0.2, 0) is 25.8 Å². The molecule has 0 fully saturated rings. The number of hydrogen-bond acceptors (Lipinski definition) is 0. The molecule has 0 heterocycles. The molecule has 0 aromatic carbocycles. The van der Waals surface area contributed by atoms with Crippen LogP contribution in [0.25, 0.3) is 0 Å². The van der Waals surface area contributed by atoms with Crippen molar-refractivity contribution >= 4 is 0 Å². The van der Waals surface area contributed by atoms with E-state index in [1.54, 1.807) is 0 Å². The molecule has 0 unspecified atom stereocenters. The maximum atomic E-state index is 3.82. The van der Waals surface area contributed by atoms with E-state index in [0.717, 1.165) is 12.3 Å². The smallest absolute Gasteiger partial charge is 0 e. The monoisotopic (exact) mass is 375 g/mol. The minimum absolute atomic E-state index is 0. The molecule has 0 aliphatic rings. The first-order valence-electron chi connectivity index (χ1n) is 4.56. The Morgan fingerprint density at radius 1 is 0.857 bits per heavy atom. The van der Waals surface area contributed by atoms with E-state index in [1.165, 1.54) is 32.1 Å². The van der Waals surface area contributed by atoms with E-state index in [1.807, 2.05) is 0 Å². The van der Waals surface area contributed by atoms with E-state index in [2.05, 4.69) is 20.8 Å². The van der Waals surface area contributed by atoms with Crippen LogP contribution in [-0.4, -0.2) is 16.4 Å². The largest absolute Gasteiger partial charge is 0.412 e. The van der Waals surface area contributed by atoms with Crippen molar-refractivity contribution in [3.05, 3.63) is 6.92 Å². The van der Waals surface area contributed by atoms with Crippen LogP contribution < -0.4 is 0 Å². The standard InChI is InChI=1S/C10H21.Hf.3H2O/c1-4-5-6-7-8-9-10(2)3;;;;/h10H,1,4-9H2,2-3H3;;3*1H2/q-1;;;;.